The predicted molar refractivity (Wildman–Crippen MR) is 68.4 cm³/mol. The minimum Gasteiger partial charge on any atom is -0.493 e. The summed E-state index contributed by atoms with van der Waals surface area (Å²) < 4.78 is 39.7. The van der Waals surface area contributed by atoms with E-state index in [4.69, 9.17) is 14.0 Å². The van der Waals surface area contributed by atoms with E-state index in [2.05, 4.69) is 4.99 Å². The molecular weight excluding hydrogens is 258 g/mol. The fourth-order valence-corrected chi connectivity index (χ4v) is 1.61. The molecule has 1 rings (SSSR count). The number of methoxy groups -OCH3 is 2. The SMILES string of the molecule is COc1ccc(C=NCCS(=O)(=O)O)cc1OC. The Labute approximate surface area is 106 Å². The van der Waals surface area contributed by atoms with Gasteiger partial charge >= 0.3 is 0 Å². The van der Waals surface area contributed by atoms with Crippen LogP contribution in [0.15, 0.2) is 23.2 Å². The Morgan fingerprint density at radius 3 is 2.50 bits per heavy atom. The number of hydrogen-bond donors (Lipinski definition) is 1. The molecule has 0 aromatic heterocycles. The highest BCUT2D eigenvalue weighted by Gasteiger charge is 2.04. The van der Waals surface area contributed by atoms with Gasteiger partial charge in [0.1, 0.15) is 0 Å². The molecule has 0 spiro atoms. The molecule has 0 radical (unpaired) electrons. The molecule has 0 heterocycles. The van der Waals surface area contributed by atoms with Gasteiger partial charge in [0, 0.05) is 6.21 Å². The van der Waals surface area contributed by atoms with E-state index in [1.165, 1.54) is 20.4 Å². The zero-order valence-electron chi connectivity index (χ0n) is 10.2. The normalized spacial score (nSPS) is 11.7. The zero-order valence-corrected chi connectivity index (χ0v) is 11.0. The van der Waals surface area contributed by atoms with Crippen LogP contribution in [-0.2, 0) is 10.1 Å². The van der Waals surface area contributed by atoms with Gasteiger partial charge in [0.15, 0.2) is 11.5 Å². The standard InChI is InChI=1S/C11H15NO5S/c1-16-10-4-3-9(7-11(10)17-2)8-12-5-6-18(13,14)15/h3-4,7-8H,5-6H2,1-2H3,(H,13,14,15). The lowest BCUT2D eigenvalue weighted by molar-refractivity contribution is 0.355. The molecule has 1 aromatic rings. The minimum absolute atomic E-state index is 0.00712. The maximum absolute atomic E-state index is 10.5. The van der Waals surface area contributed by atoms with Crippen molar-refractivity contribution >= 4 is 16.3 Å². The number of ether oxygens (including phenoxy) is 2. The van der Waals surface area contributed by atoms with Crippen molar-refractivity contribution in [2.75, 3.05) is 26.5 Å². The average molecular weight is 273 g/mol. The molecular formula is C11H15NO5S. The van der Waals surface area contributed by atoms with Crippen molar-refractivity contribution in [2.45, 2.75) is 0 Å². The van der Waals surface area contributed by atoms with Crippen molar-refractivity contribution in [3.8, 4) is 11.5 Å². The predicted octanol–water partition coefficient (Wildman–Crippen LogP) is 1.01. The highest BCUT2D eigenvalue weighted by atomic mass is 32.2. The Bertz CT molecular complexity index is 524. The van der Waals surface area contributed by atoms with Crippen molar-refractivity contribution in [3.05, 3.63) is 23.8 Å². The van der Waals surface area contributed by atoms with Crippen LogP contribution in [0.25, 0.3) is 0 Å². The third kappa shape index (κ3) is 4.72. The molecule has 1 aromatic carbocycles. The van der Waals surface area contributed by atoms with E-state index < -0.39 is 15.9 Å². The molecule has 0 aliphatic heterocycles. The first-order chi connectivity index (χ1) is 8.46. The van der Waals surface area contributed by atoms with Gasteiger partial charge in [-0.15, -0.1) is 0 Å². The first-order valence-corrected chi connectivity index (χ1v) is 6.74. The fourth-order valence-electron chi connectivity index (χ4n) is 1.27. The maximum Gasteiger partial charge on any atom is 0.266 e. The van der Waals surface area contributed by atoms with Gasteiger partial charge in [0.05, 0.1) is 26.5 Å². The molecule has 0 amide bonds. The van der Waals surface area contributed by atoms with Crippen LogP contribution in [0.3, 0.4) is 0 Å². The van der Waals surface area contributed by atoms with Gasteiger partial charge in [-0.25, -0.2) is 0 Å². The summed E-state index contributed by atoms with van der Waals surface area (Å²) in [5.41, 5.74) is 0.753. The smallest absolute Gasteiger partial charge is 0.266 e. The molecule has 0 unspecified atom stereocenters. The molecule has 100 valence electrons. The molecule has 0 aliphatic rings. The van der Waals surface area contributed by atoms with Crippen LogP contribution in [0.1, 0.15) is 5.56 Å². The van der Waals surface area contributed by atoms with Crippen LogP contribution < -0.4 is 9.47 Å². The molecule has 0 saturated carbocycles. The van der Waals surface area contributed by atoms with Gasteiger partial charge < -0.3 is 9.47 Å². The second-order valence-electron chi connectivity index (χ2n) is 3.44. The Morgan fingerprint density at radius 2 is 1.94 bits per heavy atom. The van der Waals surface area contributed by atoms with E-state index in [1.807, 2.05) is 0 Å². The van der Waals surface area contributed by atoms with Gasteiger partial charge in [0.2, 0.25) is 0 Å². The number of hydrogen-bond acceptors (Lipinski definition) is 5. The van der Waals surface area contributed by atoms with Crippen LogP contribution in [0.2, 0.25) is 0 Å². The van der Waals surface area contributed by atoms with Crippen molar-refractivity contribution < 1.29 is 22.4 Å². The molecule has 1 N–H and O–H groups in total. The molecule has 0 aliphatic carbocycles. The lowest BCUT2D eigenvalue weighted by Gasteiger charge is -2.07. The minimum atomic E-state index is -3.96. The van der Waals surface area contributed by atoms with Crippen LogP contribution in [0.4, 0.5) is 0 Å². The van der Waals surface area contributed by atoms with Gasteiger partial charge in [-0.05, 0) is 23.8 Å². The maximum atomic E-state index is 10.5. The highest BCUT2D eigenvalue weighted by molar-refractivity contribution is 7.85. The van der Waals surface area contributed by atoms with Crippen molar-refractivity contribution in [1.29, 1.82) is 0 Å². The van der Waals surface area contributed by atoms with Gasteiger partial charge in [0.25, 0.3) is 10.1 Å². The number of rotatable bonds is 6. The molecule has 6 nitrogen and oxygen atoms in total. The number of benzene rings is 1. The van der Waals surface area contributed by atoms with Gasteiger partial charge in [-0.1, -0.05) is 0 Å². The quantitative estimate of drug-likeness (QED) is 0.617. The van der Waals surface area contributed by atoms with Gasteiger partial charge in [-0.3, -0.25) is 9.55 Å². The van der Waals surface area contributed by atoms with Crippen molar-refractivity contribution in [2.24, 2.45) is 4.99 Å². The summed E-state index contributed by atoms with van der Waals surface area (Å²) in [6.07, 6.45) is 1.51. The summed E-state index contributed by atoms with van der Waals surface area (Å²) in [6.45, 7) is 0.00712. The molecule has 18 heavy (non-hydrogen) atoms. The number of nitrogens with zero attached hydrogens (tertiary/aromatic N) is 1. The Hall–Kier alpha value is -1.60. The average Bonchev–Trinajstić information content (AvgIpc) is 2.33. The molecule has 0 fully saturated rings. The van der Waals surface area contributed by atoms with Gasteiger partial charge in [-0.2, -0.15) is 8.42 Å². The summed E-state index contributed by atoms with van der Waals surface area (Å²) >= 11 is 0. The van der Waals surface area contributed by atoms with E-state index >= 15 is 0 Å². The Kier molecular flexibility index (Phi) is 5.11. The first-order valence-electron chi connectivity index (χ1n) is 5.13. The Balaban J connectivity index is 2.70. The Morgan fingerprint density at radius 1 is 1.28 bits per heavy atom. The van der Waals surface area contributed by atoms with E-state index in [9.17, 15) is 8.42 Å². The van der Waals surface area contributed by atoms with E-state index in [0.29, 0.717) is 11.5 Å². The fraction of sp³-hybridized carbons (Fsp3) is 0.364. The third-order valence-corrected chi connectivity index (χ3v) is 2.82. The van der Waals surface area contributed by atoms with E-state index in [1.54, 1.807) is 18.2 Å². The summed E-state index contributed by atoms with van der Waals surface area (Å²) in [5, 5.41) is 0. The molecule has 0 saturated heterocycles. The topological polar surface area (TPSA) is 85.2 Å². The second-order valence-corrected chi connectivity index (χ2v) is 5.01. The molecule has 7 heteroatoms. The molecule has 0 bridgehead atoms. The van der Waals surface area contributed by atoms with E-state index in [-0.39, 0.29) is 6.54 Å². The van der Waals surface area contributed by atoms with Crippen LogP contribution >= 0.6 is 0 Å². The largest absolute Gasteiger partial charge is 0.493 e. The highest BCUT2D eigenvalue weighted by Crippen LogP contribution is 2.26. The third-order valence-electron chi connectivity index (χ3n) is 2.13. The van der Waals surface area contributed by atoms with E-state index in [0.717, 1.165) is 5.56 Å². The monoisotopic (exact) mass is 273 g/mol. The number of aliphatic imine (C=N–C) groups is 1. The van der Waals surface area contributed by atoms with Crippen molar-refractivity contribution in [1.82, 2.24) is 0 Å². The summed E-state index contributed by atoms with van der Waals surface area (Å²) in [6, 6.07) is 5.21. The molecule has 0 atom stereocenters. The first kappa shape index (κ1) is 14.5. The zero-order chi connectivity index (χ0) is 13.6. The van der Waals surface area contributed by atoms with Crippen LogP contribution in [0.5, 0.6) is 11.5 Å². The summed E-state index contributed by atoms with van der Waals surface area (Å²) in [5.74, 6) is 0.778. The lowest BCUT2D eigenvalue weighted by atomic mass is 10.2. The van der Waals surface area contributed by atoms with Crippen LogP contribution in [0, 0.1) is 0 Å². The summed E-state index contributed by atoms with van der Waals surface area (Å²) in [4.78, 5) is 3.90. The van der Waals surface area contributed by atoms with Crippen LogP contribution in [-0.4, -0.2) is 45.7 Å². The second kappa shape index (κ2) is 6.36. The summed E-state index contributed by atoms with van der Waals surface area (Å²) in [7, 11) is -0.896. The van der Waals surface area contributed by atoms with Crippen molar-refractivity contribution in [3.63, 3.8) is 0 Å². The lowest BCUT2D eigenvalue weighted by Crippen LogP contribution is -2.06.